The average Bonchev–Trinajstić information content (AvgIpc) is 2.56. The van der Waals surface area contributed by atoms with Crippen LogP contribution in [0.3, 0.4) is 0 Å². The molecule has 0 aromatic heterocycles. The molecule has 0 aliphatic carbocycles. The Labute approximate surface area is 155 Å². The third kappa shape index (κ3) is 5.73. The van der Waals surface area contributed by atoms with Crippen molar-refractivity contribution in [3.8, 4) is 11.5 Å². The molecule has 2 aromatic rings. The number of benzene rings is 2. The highest BCUT2D eigenvalue weighted by Gasteiger charge is 2.04. The molecule has 0 radical (unpaired) electrons. The molecule has 128 valence electrons. The van der Waals surface area contributed by atoms with E-state index in [9.17, 15) is 4.79 Å². The summed E-state index contributed by atoms with van der Waals surface area (Å²) < 4.78 is 12.0. The lowest BCUT2D eigenvalue weighted by Gasteiger charge is -2.10. The Morgan fingerprint density at radius 2 is 1.79 bits per heavy atom. The standard InChI is InChI=1S/C18H19BrClNO3/c1-12-3-4-15(10-17(12)20)23-8-7-21-18(22)11-24-14-5-6-16(19)13(2)9-14/h3-6,9-10H,7-8,11H2,1-2H3,(H,21,22). The summed E-state index contributed by atoms with van der Waals surface area (Å²) in [6, 6.07) is 11.1. The first-order valence-corrected chi connectivity index (χ1v) is 8.67. The molecule has 0 bridgehead atoms. The highest BCUT2D eigenvalue weighted by Crippen LogP contribution is 2.22. The highest BCUT2D eigenvalue weighted by atomic mass is 79.9. The van der Waals surface area contributed by atoms with Gasteiger partial charge in [-0.25, -0.2) is 0 Å². The molecule has 0 atom stereocenters. The second kappa shape index (κ2) is 8.94. The van der Waals surface area contributed by atoms with Gasteiger partial charge in [0.05, 0.1) is 6.54 Å². The van der Waals surface area contributed by atoms with E-state index >= 15 is 0 Å². The molecule has 0 aliphatic heterocycles. The van der Waals surface area contributed by atoms with E-state index in [1.165, 1.54) is 0 Å². The first kappa shape index (κ1) is 18.6. The Kier molecular flexibility index (Phi) is 6.94. The molecule has 1 amide bonds. The van der Waals surface area contributed by atoms with Crippen molar-refractivity contribution in [1.82, 2.24) is 5.32 Å². The number of amides is 1. The van der Waals surface area contributed by atoms with Gasteiger partial charge in [-0.3, -0.25) is 4.79 Å². The molecule has 4 nitrogen and oxygen atoms in total. The minimum Gasteiger partial charge on any atom is -0.492 e. The van der Waals surface area contributed by atoms with Crippen LogP contribution >= 0.6 is 27.5 Å². The number of carbonyl (C=O) groups excluding carboxylic acids is 1. The zero-order valence-corrected chi connectivity index (χ0v) is 15.9. The monoisotopic (exact) mass is 411 g/mol. The Morgan fingerprint density at radius 1 is 1.08 bits per heavy atom. The minimum absolute atomic E-state index is 0.0303. The molecule has 0 fully saturated rings. The summed E-state index contributed by atoms with van der Waals surface area (Å²) in [4.78, 5) is 11.8. The second-order valence-corrected chi connectivity index (χ2v) is 6.57. The Morgan fingerprint density at radius 3 is 2.50 bits per heavy atom. The Hall–Kier alpha value is -1.72. The first-order valence-electron chi connectivity index (χ1n) is 7.50. The van der Waals surface area contributed by atoms with Crippen LogP contribution in [0.15, 0.2) is 40.9 Å². The van der Waals surface area contributed by atoms with Crippen LogP contribution in [0.5, 0.6) is 11.5 Å². The lowest BCUT2D eigenvalue weighted by molar-refractivity contribution is -0.123. The van der Waals surface area contributed by atoms with Crippen LogP contribution in [-0.2, 0) is 4.79 Å². The van der Waals surface area contributed by atoms with Crippen molar-refractivity contribution in [2.75, 3.05) is 19.8 Å². The topological polar surface area (TPSA) is 47.6 Å². The fraction of sp³-hybridized carbons (Fsp3) is 0.278. The largest absolute Gasteiger partial charge is 0.492 e. The molecule has 0 unspecified atom stereocenters. The van der Waals surface area contributed by atoms with Gasteiger partial charge in [0, 0.05) is 9.50 Å². The SMILES string of the molecule is Cc1ccc(OCCNC(=O)COc2ccc(Br)c(C)c2)cc1Cl. The van der Waals surface area contributed by atoms with E-state index in [-0.39, 0.29) is 12.5 Å². The second-order valence-electron chi connectivity index (χ2n) is 5.31. The number of hydrogen-bond donors (Lipinski definition) is 1. The number of aryl methyl sites for hydroxylation is 2. The normalized spacial score (nSPS) is 10.3. The summed E-state index contributed by atoms with van der Waals surface area (Å²) in [6.45, 7) is 4.62. The van der Waals surface area contributed by atoms with E-state index in [2.05, 4.69) is 21.2 Å². The molecule has 0 saturated carbocycles. The van der Waals surface area contributed by atoms with Gasteiger partial charge in [-0.15, -0.1) is 0 Å². The van der Waals surface area contributed by atoms with Gasteiger partial charge in [0.1, 0.15) is 18.1 Å². The third-order valence-corrected chi connectivity index (χ3v) is 4.63. The van der Waals surface area contributed by atoms with E-state index in [0.29, 0.717) is 29.7 Å². The molecule has 2 rings (SSSR count). The van der Waals surface area contributed by atoms with E-state index in [0.717, 1.165) is 15.6 Å². The van der Waals surface area contributed by atoms with E-state index in [4.69, 9.17) is 21.1 Å². The van der Waals surface area contributed by atoms with Crippen molar-refractivity contribution in [1.29, 1.82) is 0 Å². The maximum absolute atomic E-state index is 11.8. The first-order chi connectivity index (χ1) is 11.5. The lowest BCUT2D eigenvalue weighted by atomic mass is 10.2. The smallest absolute Gasteiger partial charge is 0.258 e. The van der Waals surface area contributed by atoms with Gasteiger partial charge in [0.2, 0.25) is 0 Å². The van der Waals surface area contributed by atoms with Crippen LogP contribution in [0.4, 0.5) is 0 Å². The molecule has 24 heavy (non-hydrogen) atoms. The summed E-state index contributed by atoms with van der Waals surface area (Å²) in [6.07, 6.45) is 0. The van der Waals surface area contributed by atoms with Crippen LogP contribution in [0, 0.1) is 13.8 Å². The summed E-state index contributed by atoms with van der Waals surface area (Å²) in [5.41, 5.74) is 2.05. The molecule has 0 heterocycles. The fourth-order valence-corrected chi connectivity index (χ4v) is 2.35. The van der Waals surface area contributed by atoms with Gasteiger partial charge < -0.3 is 14.8 Å². The third-order valence-electron chi connectivity index (χ3n) is 3.34. The number of halogens is 2. The average molecular weight is 413 g/mol. The van der Waals surface area contributed by atoms with Gasteiger partial charge in [0.15, 0.2) is 6.61 Å². The van der Waals surface area contributed by atoms with Gasteiger partial charge in [-0.1, -0.05) is 33.6 Å². The highest BCUT2D eigenvalue weighted by molar-refractivity contribution is 9.10. The molecule has 1 N–H and O–H groups in total. The minimum atomic E-state index is -0.193. The Bertz CT molecular complexity index is 721. The summed E-state index contributed by atoms with van der Waals surface area (Å²) in [7, 11) is 0. The molecule has 0 saturated heterocycles. The zero-order valence-electron chi connectivity index (χ0n) is 13.6. The van der Waals surface area contributed by atoms with E-state index < -0.39 is 0 Å². The molecule has 6 heteroatoms. The number of rotatable bonds is 7. The molecular formula is C18H19BrClNO3. The van der Waals surface area contributed by atoms with Crippen molar-refractivity contribution >= 4 is 33.4 Å². The number of nitrogens with one attached hydrogen (secondary N) is 1. The fourth-order valence-electron chi connectivity index (χ4n) is 1.93. The van der Waals surface area contributed by atoms with Crippen LogP contribution < -0.4 is 14.8 Å². The molecular weight excluding hydrogens is 394 g/mol. The molecule has 0 spiro atoms. The van der Waals surface area contributed by atoms with Crippen LogP contribution in [0.2, 0.25) is 5.02 Å². The van der Waals surface area contributed by atoms with E-state index in [1.807, 2.05) is 44.2 Å². The van der Waals surface area contributed by atoms with Crippen molar-refractivity contribution in [3.63, 3.8) is 0 Å². The molecule has 2 aromatic carbocycles. The quantitative estimate of drug-likeness (QED) is 0.690. The van der Waals surface area contributed by atoms with Gasteiger partial charge >= 0.3 is 0 Å². The summed E-state index contributed by atoms with van der Waals surface area (Å²) in [5, 5.41) is 3.41. The number of carbonyl (C=O) groups is 1. The molecule has 0 aliphatic rings. The van der Waals surface area contributed by atoms with E-state index in [1.54, 1.807) is 6.07 Å². The van der Waals surface area contributed by atoms with Crippen molar-refractivity contribution in [3.05, 3.63) is 57.0 Å². The van der Waals surface area contributed by atoms with Crippen LogP contribution in [0.25, 0.3) is 0 Å². The predicted octanol–water partition coefficient (Wildman–Crippen LogP) is 4.29. The van der Waals surface area contributed by atoms with Gasteiger partial charge in [-0.2, -0.15) is 0 Å². The summed E-state index contributed by atoms with van der Waals surface area (Å²) in [5.74, 6) is 1.15. The number of ether oxygens (including phenoxy) is 2. The van der Waals surface area contributed by atoms with Crippen molar-refractivity contribution in [2.24, 2.45) is 0 Å². The van der Waals surface area contributed by atoms with Crippen molar-refractivity contribution in [2.45, 2.75) is 13.8 Å². The maximum Gasteiger partial charge on any atom is 0.258 e. The summed E-state index contributed by atoms with van der Waals surface area (Å²) >= 11 is 9.45. The zero-order chi connectivity index (χ0) is 17.5. The number of hydrogen-bond acceptors (Lipinski definition) is 3. The van der Waals surface area contributed by atoms with Crippen LogP contribution in [-0.4, -0.2) is 25.7 Å². The van der Waals surface area contributed by atoms with Crippen molar-refractivity contribution < 1.29 is 14.3 Å². The predicted molar refractivity (Wildman–Crippen MR) is 99.1 cm³/mol. The van der Waals surface area contributed by atoms with Gasteiger partial charge in [0.25, 0.3) is 5.91 Å². The lowest BCUT2D eigenvalue weighted by Crippen LogP contribution is -2.32. The van der Waals surface area contributed by atoms with Gasteiger partial charge in [-0.05, 0) is 55.3 Å². The van der Waals surface area contributed by atoms with Crippen LogP contribution in [0.1, 0.15) is 11.1 Å². The Balaban J connectivity index is 1.67. The maximum atomic E-state index is 11.8.